The Kier molecular flexibility index (Phi) is 3.40. The van der Waals surface area contributed by atoms with Crippen molar-refractivity contribution in [1.29, 1.82) is 0 Å². The number of nitrogens with zero attached hydrogens (tertiary/aromatic N) is 2. The fraction of sp³-hybridized carbons (Fsp3) is 0.400. The summed E-state index contributed by atoms with van der Waals surface area (Å²) < 4.78 is 1.76. The van der Waals surface area contributed by atoms with Crippen molar-refractivity contribution in [3.8, 4) is 11.8 Å². The number of fused-ring (bicyclic) bond motifs is 1. The minimum Gasteiger partial charge on any atom is -0.387 e. The second kappa shape index (κ2) is 4.83. The third kappa shape index (κ3) is 2.91. The number of aromatic nitrogens is 2. The van der Waals surface area contributed by atoms with Gasteiger partial charge in [-0.2, -0.15) is 5.10 Å². The maximum Gasteiger partial charge on any atom is 0.0935 e. The Morgan fingerprint density at radius 3 is 2.89 bits per heavy atom. The molecule has 2 heterocycles. The summed E-state index contributed by atoms with van der Waals surface area (Å²) in [7, 11) is 0. The van der Waals surface area contributed by atoms with Gasteiger partial charge in [-0.1, -0.05) is 17.9 Å². The molecular formula is C15H18N2O. The highest BCUT2D eigenvalue weighted by molar-refractivity contribution is 5.54. The van der Waals surface area contributed by atoms with Crippen molar-refractivity contribution >= 4 is 5.52 Å². The number of pyridine rings is 1. The zero-order chi connectivity index (χ0) is 13.2. The van der Waals surface area contributed by atoms with Crippen LogP contribution in [0, 0.1) is 17.3 Å². The average molecular weight is 242 g/mol. The van der Waals surface area contributed by atoms with Gasteiger partial charge in [-0.15, -0.1) is 0 Å². The third-order valence-corrected chi connectivity index (χ3v) is 2.57. The van der Waals surface area contributed by atoms with Gasteiger partial charge in [-0.3, -0.25) is 0 Å². The van der Waals surface area contributed by atoms with Crippen LogP contribution in [0.3, 0.4) is 0 Å². The largest absolute Gasteiger partial charge is 0.387 e. The lowest BCUT2D eigenvalue weighted by molar-refractivity contribution is 0.185. The lowest BCUT2D eigenvalue weighted by Gasteiger charge is -2.08. The zero-order valence-corrected chi connectivity index (χ0v) is 11.0. The van der Waals surface area contributed by atoms with Crippen LogP contribution in [-0.2, 0) is 0 Å². The summed E-state index contributed by atoms with van der Waals surface area (Å²) in [5.41, 5.74) is 1.74. The molecule has 0 saturated heterocycles. The average Bonchev–Trinajstić information content (AvgIpc) is 2.70. The molecule has 0 radical (unpaired) electrons. The minimum absolute atomic E-state index is 0.0270. The van der Waals surface area contributed by atoms with Crippen LogP contribution in [0.2, 0.25) is 0 Å². The summed E-state index contributed by atoms with van der Waals surface area (Å²) in [6, 6.07) is 5.80. The first-order valence-corrected chi connectivity index (χ1v) is 6.08. The monoisotopic (exact) mass is 242 g/mol. The number of aliphatic hydroxyl groups excluding tert-OH is 1. The Labute approximate surface area is 107 Å². The van der Waals surface area contributed by atoms with Crippen molar-refractivity contribution in [2.45, 2.75) is 33.3 Å². The Hall–Kier alpha value is -1.79. The molecule has 2 aromatic rings. The third-order valence-electron chi connectivity index (χ3n) is 2.57. The molecule has 3 heteroatoms. The molecule has 2 rings (SSSR count). The fourth-order valence-corrected chi connectivity index (χ4v) is 1.73. The second-order valence-electron chi connectivity index (χ2n) is 5.40. The Balaban J connectivity index is 2.18. The molecule has 3 nitrogen and oxygen atoms in total. The van der Waals surface area contributed by atoms with E-state index in [1.54, 1.807) is 10.7 Å². The van der Waals surface area contributed by atoms with E-state index in [1.165, 1.54) is 0 Å². The molecule has 1 atom stereocenters. The Bertz CT molecular complexity index is 596. The van der Waals surface area contributed by atoms with E-state index in [4.69, 9.17) is 0 Å². The van der Waals surface area contributed by atoms with E-state index in [2.05, 4.69) is 37.7 Å². The smallest absolute Gasteiger partial charge is 0.0935 e. The normalized spacial score (nSPS) is 13.1. The molecule has 1 N–H and O–H groups in total. The van der Waals surface area contributed by atoms with E-state index < -0.39 is 6.10 Å². The van der Waals surface area contributed by atoms with E-state index in [0.717, 1.165) is 11.1 Å². The highest BCUT2D eigenvalue weighted by atomic mass is 16.3. The summed E-state index contributed by atoms with van der Waals surface area (Å²) in [4.78, 5) is 0. The van der Waals surface area contributed by atoms with Gasteiger partial charge in [-0.25, -0.2) is 4.52 Å². The summed E-state index contributed by atoms with van der Waals surface area (Å²) in [5, 5.41) is 14.4. The number of hydrogen-bond acceptors (Lipinski definition) is 2. The molecule has 2 aromatic heterocycles. The predicted octanol–water partition coefficient (Wildman–Crippen LogP) is 2.81. The SMILES string of the molecule is CC(C)(C)C#CCC(O)c1cnn2ccccc12. The zero-order valence-electron chi connectivity index (χ0n) is 11.0. The van der Waals surface area contributed by atoms with Gasteiger partial charge >= 0.3 is 0 Å². The van der Waals surface area contributed by atoms with Crippen molar-refractivity contribution in [1.82, 2.24) is 9.61 Å². The molecule has 1 unspecified atom stereocenters. The van der Waals surface area contributed by atoms with Crippen LogP contribution < -0.4 is 0 Å². The van der Waals surface area contributed by atoms with E-state index in [0.29, 0.717) is 6.42 Å². The van der Waals surface area contributed by atoms with Crippen LogP contribution in [0.25, 0.3) is 5.52 Å². The van der Waals surface area contributed by atoms with Gasteiger partial charge in [0.1, 0.15) is 0 Å². The van der Waals surface area contributed by atoms with E-state index in [9.17, 15) is 5.11 Å². The Morgan fingerprint density at radius 1 is 1.39 bits per heavy atom. The number of rotatable bonds is 2. The van der Waals surface area contributed by atoms with Crippen LogP contribution in [0.5, 0.6) is 0 Å². The van der Waals surface area contributed by atoms with Crippen molar-refractivity contribution < 1.29 is 5.11 Å². The van der Waals surface area contributed by atoms with Crippen LogP contribution >= 0.6 is 0 Å². The molecule has 0 amide bonds. The lowest BCUT2D eigenvalue weighted by Crippen LogP contribution is -2.00. The molecule has 0 saturated carbocycles. The molecule has 0 aliphatic carbocycles. The van der Waals surface area contributed by atoms with Crippen molar-refractivity contribution in [2.75, 3.05) is 0 Å². The number of hydrogen-bond donors (Lipinski definition) is 1. The molecule has 18 heavy (non-hydrogen) atoms. The van der Waals surface area contributed by atoms with Crippen LogP contribution in [-0.4, -0.2) is 14.7 Å². The van der Waals surface area contributed by atoms with Gasteiger partial charge in [0.25, 0.3) is 0 Å². The molecule has 0 aliphatic rings. The molecule has 94 valence electrons. The molecular weight excluding hydrogens is 224 g/mol. The van der Waals surface area contributed by atoms with Gasteiger partial charge in [0.2, 0.25) is 0 Å². The standard InChI is InChI=1S/C15H18N2O/c1-15(2,3)9-6-8-14(18)12-11-16-17-10-5-4-7-13(12)17/h4-5,7,10-11,14,18H,8H2,1-3H3. The first-order chi connectivity index (χ1) is 8.47. The van der Waals surface area contributed by atoms with Gasteiger partial charge in [0.15, 0.2) is 0 Å². The molecule has 0 fully saturated rings. The maximum atomic E-state index is 10.1. The molecule has 0 spiro atoms. The Morgan fingerprint density at radius 2 is 2.17 bits per heavy atom. The summed E-state index contributed by atoms with van der Waals surface area (Å²) in [6.45, 7) is 6.17. The second-order valence-corrected chi connectivity index (χ2v) is 5.40. The van der Waals surface area contributed by atoms with Gasteiger partial charge < -0.3 is 5.11 Å². The van der Waals surface area contributed by atoms with Gasteiger partial charge in [0, 0.05) is 23.6 Å². The van der Waals surface area contributed by atoms with Gasteiger partial charge in [-0.05, 0) is 32.9 Å². The van der Waals surface area contributed by atoms with Crippen LogP contribution in [0.1, 0.15) is 38.9 Å². The van der Waals surface area contributed by atoms with Crippen molar-refractivity contribution in [2.24, 2.45) is 5.41 Å². The quantitative estimate of drug-likeness (QED) is 0.822. The minimum atomic E-state index is -0.584. The predicted molar refractivity (Wildman–Crippen MR) is 72.0 cm³/mol. The van der Waals surface area contributed by atoms with E-state index >= 15 is 0 Å². The topological polar surface area (TPSA) is 37.5 Å². The van der Waals surface area contributed by atoms with Crippen LogP contribution in [0.4, 0.5) is 0 Å². The highest BCUT2D eigenvalue weighted by Gasteiger charge is 2.12. The van der Waals surface area contributed by atoms with E-state index in [1.807, 2.05) is 24.4 Å². The maximum absolute atomic E-state index is 10.1. The fourth-order valence-electron chi connectivity index (χ4n) is 1.73. The summed E-state index contributed by atoms with van der Waals surface area (Å²) in [5.74, 6) is 6.17. The first-order valence-electron chi connectivity index (χ1n) is 6.08. The molecule has 0 aromatic carbocycles. The molecule has 0 bridgehead atoms. The number of aliphatic hydroxyl groups is 1. The summed E-state index contributed by atoms with van der Waals surface area (Å²) >= 11 is 0. The summed E-state index contributed by atoms with van der Waals surface area (Å²) in [6.07, 6.45) is 3.43. The first kappa shape index (κ1) is 12.7. The van der Waals surface area contributed by atoms with Crippen LogP contribution in [0.15, 0.2) is 30.6 Å². The van der Waals surface area contributed by atoms with Gasteiger partial charge in [0.05, 0.1) is 17.8 Å². The lowest BCUT2D eigenvalue weighted by atomic mass is 9.97. The van der Waals surface area contributed by atoms with Crippen molar-refractivity contribution in [3.63, 3.8) is 0 Å². The molecule has 0 aliphatic heterocycles. The highest BCUT2D eigenvalue weighted by Crippen LogP contribution is 2.21. The van der Waals surface area contributed by atoms with E-state index in [-0.39, 0.29) is 5.41 Å². The van der Waals surface area contributed by atoms with Crippen molar-refractivity contribution in [3.05, 3.63) is 36.2 Å².